The summed E-state index contributed by atoms with van der Waals surface area (Å²) in [4.78, 5) is 4.01. The summed E-state index contributed by atoms with van der Waals surface area (Å²) in [6, 6.07) is 8.30. The zero-order valence-electron chi connectivity index (χ0n) is 11.2. The molecule has 0 atom stereocenters. The highest BCUT2D eigenvalue weighted by molar-refractivity contribution is 5.66. The first-order valence-corrected chi connectivity index (χ1v) is 6.18. The lowest BCUT2D eigenvalue weighted by Gasteiger charge is -2.26. The Morgan fingerprint density at radius 2 is 1.89 bits per heavy atom. The predicted octanol–water partition coefficient (Wildman–Crippen LogP) is 3.19. The Hall–Kier alpha value is -2.10. The quantitative estimate of drug-likeness (QED) is 0.829. The molecule has 0 radical (unpaired) electrons. The van der Waals surface area contributed by atoms with Gasteiger partial charge in [0.2, 0.25) is 0 Å². The van der Waals surface area contributed by atoms with Crippen LogP contribution < -0.4 is 11.1 Å². The summed E-state index contributed by atoms with van der Waals surface area (Å²) in [6.45, 7) is 4.89. The van der Waals surface area contributed by atoms with Crippen molar-refractivity contribution in [3.63, 3.8) is 0 Å². The van der Waals surface area contributed by atoms with Crippen molar-refractivity contribution in [3.8, 4) is 0 Å². The Kier molecular flexibility index (Phi) is 3.69. The van der Waals surface area contributed by atoms with Crippen molar-refractivity contribution in [3.05, 3.63) is 54.1 Å². The molecule has 1 aromatic heterocycles. The van der Waals surface area contributed by atoms with Gasteiger partial charge in [0.25, 0.3) is 0 Å². The van der Waals surface area contributed by atoms with Crippen LogP contribution in [0.4, 0.5) is 15.8 Å². The van der Waals surface area contributed by atoms with E-state index in [1.807, 2.05) is 12.1 Å². The van der Waals surface area contributed by atoms with Gasteiger partial charge in [-0.05, 0) is 35.9 Å². The van der Waals surface area contributed by atoms with Gasteiger partial charge >= 0.3 is 0 Å². The second-order valence-electron chi connectivity index (χ2n) is 5.20. The number of hydrogen-bond acceptors (Lipinski definition) is 3. The van der Waals surface area contributed by atoms with Gasteiger partial charge in [-0.25, -0.2) is 4.39 Å². The van der Waals surface area contributed by atoms with Crippen LogP contribution >= 0.6 is 0 Å². The van der Waals surface area contributed by atoms with Gasteiger partial charge < -0.3 is 11.1 Å². The van der Waals surface area contributed by atoms with Crippen molar-refractivity contribution in [2.24, 2.45) is 0 Å². The molecule has 3 N–H and O–H groups in total. The van der Waals surface area contributed by atoms with Gasteiger partial charge in [0, 0.05) is 24.4 Å². The number of benzene rings is 1. The molecule has 0 unspecified atom stereocenters. The standard InChI is InChI=1S/C15H18FN3/c1-15(2,11-5-7-18-8-6-11)10-19-14-9-12(16)3-4-13(14)17/h3-9,19H,10,17H2,1-2H3. The average molecular weight is 259 g/mol. The molecular formula is C15H18FN3. The molecule has 0 aliphatic heterocycles. The van der Waals surface area contributed by atoms with E-state index in [1.165, 1.54) is 17.7 Å². The Bertz CT molecular complexity index is 553. The summed E-state index contributed by atoms with van der Waals surface area (Å²) in [5.74, 6) is -0.293. The van der Waals surface area contributed by atoms with Gasteiger partial charge in [-0.3, -0.25) is 4.98 Å². The van der Waals surface area contributed by atoms with E-state index >= 15 is 0 Å². The molecule has 0 aliphatic rings. The SMILES string of the molecule is CC(C)(CNc1cc(F)ccc1N)c1ccncc1. The maximum Gasteiger partial charge on any atom is 0.125 e. The molecule has 2 aromatic rings. The van der Waals surface area contributed by atoms with Crippen LogP contribution in [0, 0.1) is 5.82 Å². The van der Waals surface area contributed by atoms with Crippen molar-refractivity contribution in [1.82, 2.24) is 4.98 Å². The molecule has 0 spiro atoms. The molecule has 2 rings (SSSR count). The number of aromatic nitrogens is 1. The number of nitrogen functional groups attached to an aromatic ring is 1. The van der Waals surface area contributed by atoms with Crippen LogP contribution in [-0.2, 0) is 5.41 Å². The third kappa shape index (κ3) is 3.22. The molecule has 3 nitrogen and oxygen atoms in total. The lowest BCUT2D eigenvalue weighted by molar-refractivity contribution is 0.556. The van der Waals surface area contributed by atoms with E-state index in [0.717, 1.165) is 0 Å². The van der Waals surface area contributed by atoms with Gasteiger partial charge in [-0.1, -0.05) is 13.8 Å². The normalized spacial score (nSPS) is 11.3. The molecule has 19 heavy (non-hydrogen) atoms. The predicted molar refractivity (Wildman–Crippen MR) is 76.6 cm³/mol. The van der Waals surface area contributed by atoms with E-state index in [0.29, 0.717) is 17.9 Å². The highest BCUT2D eigenvalue weighted by Crippen LogP contribution is 2.25. The van der Waals surface area contributed by atoms with Crippen LogP contribution in [0.5, 0.6) is 0 Å². The molecule has 0 saturated carbocycles. The van der Waals surface area contributed by atoms with Crippen molar-refractivity contribution in [2.75, 3.05) is 17.6 Å². The van der Waals surface area contributed by atoms with Crippen LogP contribution in [0.2, 0.25) is 0 Å². The summed E-state index contributed by atoms with van der Waals surface area (Å²) in [6.07, 6.45) is 3.54. The minimum Gasteiger partial charge on any atom is -0.397 e. The highest BCUT2D eigenvalue weighted by Gasteiger charge is 2.20. The molecule has 4 heteroatoms. The van der Waals surface area contributed by atoms with Crippen LogP contribution in [0.1, 0.15) is 19.4 Å². The second kappa shape index (κ2) is 5.26. The zero-order valence-corrected chi connectivity index (χ0v) is 11.2. The van der Waals surface area contributed by atoms with Gasteiger partial charge in [0.05, 0.1) is 11.4 Å². The molecule has 1 aromatic carbocycles. The summed E-state index contributed by atoms with van der Waals surface area (Å²) in [5.41, 5.74) is 8.07. The largest absolute Gasteiger partial charge is 0.397 e. The Labute approximate surface area is 112 Å². The van der Waals surface area contributed by atoms with E-state index in [-0.39, 0.29) is 11.2 Å². The number of nitrogens with one attached hydrogen (secondary N) is 1. The fourth-order valence-corrected chi connectivity index (χ4v) is 1.90. The van der Waals surface area contributed by atoms with Crippen LogP contribution in [-0.4, -0.2) is 11.5 Å². The fraction of sp³-hybridized carbons (Fsp3) is 0.267. The Morgan fingerprint density at radius 3 is 2.58 bits per heavy atom. The van der Waals surface area contributed by atoms with Gasteiger partial charge in [-0.2, -0.15) is 0 Å². The topological polar surface area (TPSA) is 50.9 Å². The van der Waals surface area contributed by atoms with Gasteiger partial charge in [-0.15, -0.1) is 0 Å². The summed E-state index contributed by atoms with van der Waals surface area (Å²) >= 11 is 0. The molecule has 0 bridgehead atoms. The summed E-state index contributed by atoms with van der Waals surface area (Å²) in [7, 11) is 0. The van der Waals surface area contributed by atoms with Gasteiger partial charge in [0.15, 0.2) is 0 Å². The van der Waals surface area contributed by atoms with Crippen molar-refractivity contribution in [2.45, 2.75) is 19.3 Å². The number of nitrogens with zero attached hydrogens (tertiary/aromatic N) is 1. The number of anilines is 2. The molecule has 0 amide bonds. The van der Waals surface area contributed by atoms with Gasteiger partial charge in [0.1, 0.15) is 5.82 Å². The zero-order chi connectivity index (χ0) is 13.9. The number of nitrogens with two attached hydrogens (primary N) is 1. The number of halogens is 1. The highest BCUT2D eigenvalue weighted by atomic mass is 19.1. The van der Waals surface area contributed by atoms with Crippen molar-refractivity contribution in [1.29, 1.82) is 0 Å². The van der Waals surface area contributed by atoms with Crippen LogP contribution in [0.25, 0.3) is 0 Å². The summed E-state index contributed by atoms with van der Waals surface area (Å²) in [5, 5.41) is 3.21. The van der Waals surface area contributed by atoms with E-state index in [9.17, 15) is 4.39 Å². The van der Waals surface area contributed by atoms with Crippen LogP contribution in [0.15, 0.2) is 42.7 Å². The first-order chi connectivity index (χ1) is 8.99. The molecule has 1 heterocycles. The fourth-order valence-electron chi connectivity index (χ4n) is 1.90. The molecule has 0 fully saturated rings. The first kappa shape index (κ1) is 13.3. The van der Waals surface area contributed by atoms with E-state index < -0.39 is 0 Å². The second-order valence-corrected chi connectivity index (χ2v) is 5.20. The molecular weight excluding hydrogens is 241 g/mol. The van der Waals surface area contributed by atoms with Crippen molar-refractivity contribution < 1.29 is 4.39 Å². The smallest absolute Gasteiger partial charge is 0.125 e. The maximum atomic E-state index is 13.2. The first-order valence-electron chi connectivity index (χ1n) is 6.18. The molecule has 100 valence electrons. The van der Waals surface area contributed by atoms with E-state index in [4.69, 9.17) is 5.73 Å². The lowest BCUT2D eigenvalue weighted by Crippen LogP contribution is -2.27. The summed E-state index contributed by atoms with van der Waals surface area (Å²) < 4.78 is 13.2. The molecule has 0 aliphatic carbocycles. The van der Waals surface area contributed by atoms with Crippen LogP contribution in [0.3, 0.4) is 0 Å². The maximum absolute atomic E-state index is 13.2. The Balaban J connectivity index is 2.12. The third-order valence-corrected chi connectivity index (χ3v) is 3.20. The van der Waals surface area contributed by atoms with E-state index in [1.54, 1.807) is 18.5 Å². The minimum absolute atomic E-state index is 0.0955. The molecule has 0 saturated heterocycles. The van der Waals surface area contributed by atoms with E-state index in [2.05, 4.69) is 24.1 Å². The number of pyridine rings is 1. The minimum atomic E-state index is -0.293. The monoisotopic (exact) mass is 259 g/mol. The third-order valence-electron chi connectivity index (χ3n) is 3.20. The van der Waals surface area contributed by atoms with Crippen molar-refractivity contribution >= 4 is 11.4 Å². The average Bonchev–Trinajstić information content (AvgIpc) is 2.41. The lowest BCUT2D eigenvalue weighted by atomic mass is 9.85. The number of rotatable bonds is 4. The Morgan fingerprint density at radius 1 is 1.21 bits per heavy atom. The number of hydrogen-bond donors (Lipinski definition) is 2.